The number of benzene rings is 1. The summed E-state index contributed by atoms with van der Waals surface area (Å²) >= 11 is 0. The van der Waals surface area contributed by atoms with Gasteiger partial charge in [-0.05, 0) is 65.4 Å². The molecule has 0 unspecified atom stereocenters. The molecule has 0 saturated heterocycles. The van der Waals surface area contributed by atoms with Gasteiger partial charge in [0.05, 0.1) is 34.9 Å². The van der Waals surface area contributed by atoms with Crippen molar-refractivity contribution in [3.63, 3.8) is 0 Å². The molecule has 1 aliphatic rings. The highest BCUT2D eigenvalue weighted by Crippen LogP contribution is 2.17. The van der Waals surface area contributed by atoms with Crippen molar-refractivity contribution in [3.05, 3.63) is 126 Å². The van der Waals surface area contributed by atoms with E-state index in [1.807, 2.05) is 30.3 Å². The molecular weight excluding hydrogens is 476 g/mol. The number of allylic oxidation sites excluding steroid dienone is 5. The minimum atomic E-state index is -0.388. The number of pyridine rings is 2. The predicted octanol–water partition coefficient (Wildman–Crippen LogP) is 5.10. The molecule has 2 N–H and O–H groups in total. The van der Waals surface area contributed by atoms with Gasteiger partial charge in [0.15, 0.2) is 0 Å². The highest BCUT2D eigenvalue weighted by Gasteiger charge is 2.09. The third-order valence-electron chi connectivity index (χ3n) is 5.64. The van der Waals surface area contributed by atoms with Crippen molar-refractivity contribution < 1.29 is 9.59 Å². The van der Waals surface area contributed by atoms with Gasteiger partial charge in [-0.3, -0.25) is 19.6 Å². The number of amides is 2. The quantitative estimate of drug-likeness (QED) is 0.313. The highest BCUT2D eigenvalue weighted by molar-refractivity contribution is 5.95. The Morgan fingerprint density at radius 2 is 1.45 bits per heavy atom. The zero-order valence-corrected chi connectivity index (χ0v) is 20.7. The van der Waals surface area contributed by atoms with Crippen LogP contribution in [0, 0.1) is 0 Å². The molecule has 8 heteroatoms. The Hall–Kier alpha value is -5.24. The van der Waals surface area contributed by atoms with E-state index in [-0.39, 0.29) is 11.8 Å². The summed E-state index contributed by atoms with van der Waals surface area (Å²) in [5, 5.41) is 8.05. The molecule has 1 aromatic carbocycles. The van der Waals surface area contributed by atoms with Crippen molar-refractivity contribution in [2.45, 2.75) is 12.8 Å². The summed E-state index contributed by atoms with van der Waals surface area (Å²) in [6, 6.07) is 14.2. The molecule has 0 bridgehead atoms. The largest absolute Gasteiger partial charge is 0.272 e. The first kappa shape index (κ1) is 25.8. The fourth-order valence-corrected chi connectivity index (χ4v) is 3.59. The highest BCUT2D eigenvalue weighted by atomic mass is 16.2. The van der Waals surface area contributed by atoms with Gasteiger partial charge in [0.25, 0.3) is 11.8 Å². The summed E-state index contributed by atoms with van der Waals surface area (Å²) < 4.78 is 0. The number of aromatic nitrogens is 2. The van der Waals surface area contributed by atoms with E-state index in [2.05, 4.69) is 50.3 Å². The molecule has 0 saturated carbocycles. The van der Waals surface area contributed by atoms with E-state index < -0.39 is 0 Å². The summed E-state index contributed by atoms with van der Waals surface area (Å²) in [6.07, 6.45) is 15.5. The fourth-order valence-electron chi connectivity index (χ4n) is 3.59. The molecule has 0 aliphatic heterocycles. The van der Waals surface area contributed by atoms with Crippen molar-refractivity contribution in [2.24, 2.45) is 10.2 Å². The van der Waals surface area contributed by atoms with Crippen molar-refractivity contribution in [2.75, 3.05) is 0 Å². The van der Waals surface area contributed by atoms with Gasteiger partial charge in [-0.15, -0.1) is 0 Å². The Morgan fingerprint density at radius 1 is 0.816 bits per heavy atom. The zero-order valence-electron chi connectivity index (χ0n) is 20.7. The van der Waals surface area contributed by atoms with Crippen LogP contribution in [0.1, 0.15) is 44.7 Å². The first-order valence-corrected chi connectivity index (χ1v) is 11.9. The van der Waals surface area contributed by atoms with Gasteiger partial charge in [0, 0.05) is 12.4 Å². The minimum absolute atomic E-state index is 0.350. The summed E-state index contributed by atoms with van der Waals surface area (Å²) in [7, 11) is 0. The van der Waals surface area contributed by atoms with Gasteiger partial charge in [0.1, 0.15) is 0 Å². The smallest absolute Gasteiger partial charge is 0.267 e. The second kappa shape index (κ2) is 12.6. The number of carbonyl (C=O) groups excluding carboxylic acids is 2. The molecular formula is C30H26N6O2. The minimum Gasteiger partial charge on any atom is -0.267 e. The number of hydrogen-bond acceptors (Lipinski definition) is 6. The zero-order chi connectivity index (χ0) is 26.7. The molecule has 2 heterocycles. The van der Waals surface area contributed by atoms with E-state index in [4.69, 9.17) is 0 Å². The molecule has 0 spiro atoms. The number of nitrogens with one attached hydrogen (secondary N) is 2. The van der Waals surface area contributed by atoms with Crippen LogP contribution in [-0.2, 0) is 0 Å². The maximum atomic E-state index is 12.4. The normalized spacial score (nSPS) is 13.1. The maximum Gasteiger partial charge on any atom is 0.272 e. The van der Waals surface area contributed by atoms with Crippen LogP contribution in [0.2, 0.25) is 0 Å². The van der Waals surface area contributed by atoms with Crippen LogP contribution in [0.15, 0.2) is 114 Å². The van der Waals surface area contributed by atoms with Crippen molar-refractivity contribution >= 4 is 30.3 Å². The second-order valence-corrected chi connectivity index (χ2v) is 8.30. The lowest BCUT2D eigenvalue weighted by atomic mass is 10.0. The Labute approximate surface area is 220 Å². The fraction of sp³-hybridized carbons (Fsp3) is 0.0667. The first-order chi connectivity index (χ1) is 18.6. The number of carbonyl (C=O) groups is 2. The molecule has 1 aliphatic carbocycles. The topological polar surface area (TPSA) is 109 Å². The molecule has 2 amide bonds. The third-order valence-corrected chi connectivity index (χ3v) is 5.64. The Bertz CT molecular complexity index is 1470. The lowest BCUT2D eigenvalue weighted by molar-refractivity contribution is 0.0946. The first-order valence-electron chi connectivity index (χ1n) is 11.9. The van der Waals surface area contributed by atoms with Gasteiger partial charge in [0.2, 0.25) is 0 Å². The summed E-state index contributed by atoms with van der Waals surface area (Å²) in [6.45, 7) is 7.51. The average molecular weight is 503 g/mol. The van der Waals surface area contributed by atoms with E-state index in [1.54, 1.807) is 48.8 Å². The van der Waals surface area contributed by atoms with E-state index in [0.29, 0.717) is 22.5 Å². The summed E-state index contributed by atoms with van der Waals surface area (Å²) in [4.78, 5) is 33.4. The van der Waals surface area contributed by atoms with Crippen LogP contribution < -0.4 is 10.9 Å². The third kappa shape index (κ3) is 6.92. The molecule has 0 atom stereocenters. The Balaban J connectivity index is 1.32. The van der Waals surface area contributed by atoms with E-state index >= 15 is 0 Å². The molecule has 38 heavy (non-hydrogen) atoms. The number of rotatable bonds is 9. The molecule has 4 rings (SSSR count). The molecule has 0 fully saturated rings. The van der Waals surface area contributed by atoms with Crippen LogP contribution in [0.3, 0.4) is 0 Å². The SMILES string of the molecule is C=CC1=CCCC(/C=N/NC(=O)c2ccc(-c3ccc(C(=O)N/N=C/c4cccc(C=C)c4)cn3)nc2)=C1. The average Bonchev–Trinajstić information content (AvgIpc) is 2.97. The maximum absolute atomic E-state index is 12.4. The lowest BCUT2D eigenvalue weighted by Crippen LogP contribution is -2.18. The van der Waals surface area contributed by atoms with Crippen LogP contribution in [-0.4, -0.2) is 34.2 Å². The van der Waals surface area contributed by atoms with E-state index in [9.17, 15) is 9.59 Å². The van der Waals surface area contributed by atoms with Gasteiger partial charge < -0.3 is 0 Å². The van der Waals surface area contributed by atoms with Crippen molar-refractivity contribution in [1.82, 2.24) is 20.8 Å². The summed E-state index contributed by atoms with van der Waals surface area (Å²) in [5.41, 5.74) is 10.7. The second-order valence-electron chi connectivity index (χ2n) is 8.30. The van der Waals surface area contributed by atoms with E-state index in [0.717, 1.165) is 35.1 Å². The molecule has 0 radical (unpaired) electrons. The van der Waals surface area contributed by atoms with Crippen LogP contribution in [0.25, 0.3) is 17.5 Å². The number of hydrogen-bond donors (Lipinski definition) is 2. The molecule has 188 valence electrons. The van der Waals surface area contributed by atoms with Gasteiger partial charge >= 0.3 is 0 Å². The van der Waals surface area contributed by atoms with Gasteiger partial charge in [-0.1, -0.05) is 55.7 Å². The monoisotopic (exact) mass is 502 g/mol. The van der Waals surface area contributed by atoms with E-state index in [1.165, 1.54) is 12.4 Å². The van der Waals surface area contributed by atoms with Gasteiger partial charge in [-0.25, -0.2) is 10.9 Å². The van der Waals surface area contributed by atoms with Crippen molar-refractivity contribution in [3.8, 4) is 11.4 Å². The predicted molar refractivity (Wildman–Crippen MR) is 151 cm³/mol. The number of nitrogens with zero attached hydrogens (tertiary/aromatic N) is 4. The molecule has 2 aromatic heterocycles. The van der Waals surface area contributed by atoms with Gasteiger partial charge in [-0.2, -0.15) is 10.2 Å². The Kier molecular flexibility index (Phi) is 8.60. The molecule has 3 aromatic rings. The number of hydrazone groups is 2. The standard InChI is InChI=1S/C30H26N6O2/c1-3-21-7-5-9-23(15-21)17-33-35-29(37)25-11-13-27(31-19-25)28-14-12-26(20-32-28)30(38)36-34-18-24-10-6-8-22(4-2)16-24/h3-5,7-9,11-20H,1-2,6,10H2,(H,35,37)(H,36,38)/b33-17+,34-18+. The van der Waals surface area contributed by atoms with Crippen LogP contribution in [0.5, 0.6) is 0 Å². The lowest BCUT2D eigenvalue weighted by Gasteiger charge is -2.07. The molecule has 8 nitrogen and oxygen atoms in total. The van der Waals surface area contributed by atoms with Crippen LogP contribution in [0.4, 0.5) is 0 Å². The summed E-state index contributed by atoms with van der Waals surface area (Å²) in [5.74, 6) is -0.755. The van der Waals surface area contributed by atoms with Crippen LogP contribution >= 0.6 is 0 Å². The van der Waals surface area contributed by atoms with Crippen molar-refractivity contribution in [1.29, 1.82) is 0 Å². The Morgan fingerprint density at radius 3 is 2.03 bits per heavy atom.